The summed E-state index contributed by atoms with van der Waals surface area (Å²) in [7, 11) is 1.50. The van der Waals surface area contributed by atoms with E-state index in [9.17, 15) is 14.9 Å². The van der Waals surface area contributed by atoms with E-state index in [4.69, 9.17) is 9.47 Å². The molecule has 2 aromatic rings. The third-order valence-electron chi connectivity index (χ3n) is 2.72. The van der Waals surface area contributed by atoms with E-state index in [0.29, 0.717) is 11.5 Å². The van der Waals surface area contributed by atoms with Gasteiger partial charge in [-0.15, -0.1) is 0 Å². The first-order chi connectivity index (χ1) is 11.1. The maximum Gasteiger partial charge on any atom is 0.287 e. The number of para-hydroxylation sites is 2. The minimum Gasteiger partial charge on any atom is -0.493 e. The fraction of sp³-hybridized carbons (Fsp3) is 0.143. The van der Waals surface area contributed by atoms with Crippen LogP contribution in [0.4, 0.5) is 11.5 Å². The number of hydrazine groups is 1. The quantitative estimate of drug-likeness (QED) is 0.587. The molecule has 9 nitrogen and oxygen atoms in total. The Balaban J connectivity index is 1.82. The van der Waals surface area contributed by atoms with Crippen molar-refractivity contribution in [3.63, 3.8) is 0 Å². The van der Waals surface area contributed by atoms with Crippen LogP contribution >= 0.6 is 0 Å². The Kier molecular flexibility index (Phi) is 5.29. The van der Waals surface area contributed by atoms with Crippen molar-refractivity contribution >= 4 is 17.4 Å². The van der Waals surface area contributed by atoms with Crippen LogP contribution in [0.2, 0.25) is 0 Å². The van der Waals surface area contributed by atoms with Crippen LogP contribution in [0.1, 0.15) is 0 Å². The number of benzene rings is 1. The Hall–Kier alpha value is -3.36. The lowest BCUT2D eigenvalue weighted by atomic mass is 10.3. The van der Waals surface area contributed by atoms with E-state index in [-0.39, 0.29) is 18.1 Å². The number of anilines is 1. The van der Waals surface area contributed by atoms with Gasteiger partial charge in [0, 0.05) is 6.07 Å². The fourth-order valence-corrected chi connectivity index (χ4v) is 1.62. The summed E-state index contributed by atoms with van der Waals surface area (Å²) in [5.41, 5.74) is 4.76. The minimum absolute atomic E-state index is 0.138. The number of methoxy groups -OCH3 is 1. The summed E-state index contributed by atoms with van der Waals surface area (Å²) in [6.45, 7) is -0.236. The molecule has 9 heteroatoms. The predicted molar refractivity (Wildman–Crippen MR) is 81.1 cm³/mol. The van der Waals surface area contributed by atoms with Gasteiger partial charge in [0.2, 0.25) is 0 Å². The molecule has 1 aromatic carbocycles. The molecule has 0 aliphatic carbocycles. The number of carbonyl (C=O) groups excluding carboxylic acids is 1. The maximum absolute atomic E-state index is 11.7. The molecule has 0 aliphatic rings. The summed E-state index contributed by atoms with van der Waals surface area (Å²) >= 11 is 0. The van der Waals surface area contributed by atoms with Crippen molar-refractivity contribution in [2.75, 3.05) is 19.1 Å². The highest BCUT2D eigenvalue weighted by Crippen LogP contribution is 2.25. The van der Waals surface area contributed by atoms with Crippen LogP contribution in [-0.4, -0.2) is 29.5 Å². The molecule has 0 unspecified atom stereocenters. The Morgan fingerprint density at radius 3 is 2.61 bits per heavy atom. The molecule has 1 amide bonds. The van der Waals surface area contributed by atoms with Crippen LogP contribution in [0, 0.1) is 10.1 Å². The van der Waals surface area contributed by atoms with Gasteiger partial charge < -0.3 is 9.47 Å². The topological polar surface area (TPSA) is 116 Å². The van der Waals surface area contributed by atoms with Crippen LogP contribution in [0.25, 0.3) is 0 Å². The average molecular weight is 318 g/mol. The third kappa shape index (κ3) is 4.56. The molecule has 0 saturated carbocycles. The molecular weight excluding hydrogens is 304 g/mol. The smallest absolute Gasteiger partial charge is 0.287 e. The van der Waals surface area contributed by atoms with E-state index >= 15 is 0 Å². The molecule has 2 rings (SSSR count). The van der Waals surface area contributed by atoms with Crippen LogP contribution in [0.15, 0.2) is 42.6 Å². The van der Waals surface area contributed by atoms with Gasteiger partial charge in [0.25, 0.3) is 11.6 Å². The molecule has 0 atom stereocenters. The van der Waals surface area contributed by atoms with Crippen molar-refractivity contribution in [1.29, 1.82) is 0 Å². The molecule has 0 spiro atoms. The molecule has 23 heavy (non-hydrogen) atoms. The molecule has 0 saturated heterocycles. The van der Waals surface area contributed by atoms with E-state index in [1.165, 1.54) is 19.2 Å². The van der Waals surface area contributed by atoms with Gasteiger partial charge in [-0.2, -0.15) is 0 Å². The van der Waals surface area contributed by atoms with E-state index in [0.717, 1.165) is 6.20 Å². The summed E-state index contributed by atoms with van der Waals surface area (Å²) in [5.74, 6) is 0.779. The van der Waals surface area contributed by atoms with Crippen molar-refractivity contribution in [2.24, 2.45) is 0 Å². The maximum atomic E-state index is 11.7. The first kappa shape index (κ1) is 16.0. The van der Waals surface area contributed by atoms with Gasteiger partial charge in [0.1, 0.15) is 12.0 Å². The number of hydrogen-bond donors (Lipinski definition) is 2. The third-order valence-corrected chi connectivity index (χ3v) is 2.72. The van der Waals surface area contributed by atoms with Crippen LogP contribution in [0.3, 0.4) is 0 Å². The van der Waals surface area contributed by atoms with Gasteiger partial charge in [-0.25, -0.2) is 4.98 Å². The normalized spacial score (nSPS) is 9.78. The van der Waals surface area contributed by atoms with E-state index in [1.807, 2.05) is 0 Å². The molecule has 120 valence electrons. The van der Waals surface area contributed by atoms with Gasteiger partial charge in [-0.1, -0.05) is 12.1 Å². The first-order valence-electron chi connectivity index (χ1n) is 6.51. The van der Waals surface area contributed by atoms with Crippen molar-refractivity contribution < 1.29 is 19.2 Å². The average Bonchev–Trinajstić information content (AvgIpc) is 2.58. The van der Waals surface area contributed by atoms with Crippen molar-refractivity contribution in [3.05, 3.63) is 52.7 Å². The Bertz CT molecular complexity index is 690. The highest BCUT2D eigenvalue weighted by Gasteiger charge is 2.08. The lowest BCUT2D eigenvalue weighted by molar-refractivity contribution is -0.385. The number of carbonyl (C=O) groups is 1. The number of ether oxygens (including phenoxy) is 2. The zero-order valence-corrected chi connectivity index (χ0v) is 12.2. The predicted octanol–water partition coefficient (Wildman–Crippen LogP) is 1.52. The zero-order chi connectivity index (χ0) is 16.7. The monoisotopic (exact) mass is 318 g/mol. The van der Waals surface area contributed by atoms with Gasteiger partial charge >= 0.3 is 0 Å². The molecule has 0 radical (unpaired) electrons. The number of nitrogens with zero attached hydrogens (tertiary/aromatic N) is 2. The number of aromatic nitrogens is 1. The summed E-state index contributed by atoms with van der Waals surface area (Å²) in [5, 5.41) is 10.5. The molecule has 0 fully saturated rings. The second-order valence-corrected chi connectivity index (χ2v) is 4.27. The van der Waals surface area contributed by atoms with E-state index in [2.05, 4.69) is 15.8 Å². The lowest BCUT2D eigenvalue weighted by Gasteiger charge is -2.11. The fourth-order valence-electron chi connectivity index (χ4n) is 1.62. The Morgan fingerprint density at radius 2 is 2.00 bits per heavy atom. The van der Waals surface area contributed by atoms with E-state index < -0.39 is 10.8 Å². The number of hydrogen-bond acceptors (Lipinski definition) is 7. The number of pyridine rings is 1. The summed E-state index contributed by atoms with van der Waals surface area (Å²) in [4.78, 5) is 25.4. The summed E-state index contributed by atoms with van der Waals surface area (Å²) in [6.07, 6.45) is 1.08. The number of rotatable bonds is 7. The number of nitro groups is 1. The molecule has 0 aliphatic heterocycles. The summed E-state index contributed by atoms with van der Waals surface area (Å²) in [6, 6.07) is 9.58. The van der Waals surface area contributed by atoms with Gasteiger partial charge in [-0.3, -0.25) is 25.8 Å². The Morgan fingerprint density at radius 1 is 1.26 bits per heavy atom. The molecular formula is C14H14N4O5. The van der Waals surface area contributed by atoms with Crippen LogP contribution < -0.4 is 20.3 Å². The standard InChI is InChI=1S/C14H14N4O5/c1-22-11-4-2-3-5-12(11)23-9-14(19)17-16-13-7-6-10(8-15-13)18(20)21/h2-8H,9H2,1H3,(H,15,16)(H,17,19). The summed E-state index contributed by atoms with van der Waals surface area (Å²) < 4.78 is 10.4. The Labute approximate surface area is 131 Å². The minimum atomic E-state index is -0.559. The van der Waals surface area contributed by atoms with Gasteiger partial charge in [0.05, 0.1) is 12.0 Å². The lowest BCUT2D eigenvalue weighted by Crippen LogP contribution is -2.33. The van der Waals surface area contributed by atoms with Crippen molar-refractivity contribution in [3.8, 4) is 11.5 Å². The SMILES string of the molecule is COc1ccccc1OCC(=O)NNc1ccc([N+](=O)[O-])cn1. The zero-order valence-electron chi connectivity index (χ0n) is 12.2. The molecule has 1 aromatic heterocycles. The first-order valence-corrected chi connectivity index (χ1v) is 6.51. The van der Waals surface area contributed by atoms with Gasteiger partial charge in [0.15, 0.2) is 18.1 Å². The number of amides is 1. The molecule has 0 bridgehead atoms. The molecule has 1 heterocycles. The largest absolute Gasteiger partial charge is 0.493 e. The van der Waals surface area contributed by atoms with Crippen molar-refractivity contribution in [1.82, 2.24) is 10.4 Å². The second kappa shape index (κ2) is 7.59. The van der Waals surface area contributed by atoms with Crippen LogP contribution in [0.5, 0.6) is 11.5 Å². The number of nitrogens with one attached hydrogen (secondary N) is 2. The molecule has 2 N–H and O–H groups in total. The second-order valence-electron chi connectivity index (χ2n) is 4.27. The highest BCUT2D eigenvalue weighted by molar-refractivity contribution is 5.78. The highest BCUT2D eigenvalue weighted by atomic mass is 16.6. The van der Waals surface area contributed by atoms with E-state index in [1.54, 1.807) is 24.3 Å². The van der Waals surface area contributed by atoms with Crippen molar-refractivity contribution in [2.45, 2.75) is 0 Å². The van der Waals surface area contributed by atoms with Gasteiger partial charge in [-0.05, 0) is 18.2 Å². The van der Waals surface area contributed by atoms with Crippen LogP contribution in [-0.2, 0) is 4.79 Å².